The van der Waals surface area contributed by atoms with Gasteiger partial charge in [-0.25, -0.2) is 0 Å². The molecule has 0 amide bonds. The summed E-state index contributed by atoms with van der Waals surface area (Å²) in [6, 6.07) is 6.73. The molecule has 0 radical (unpaired) electrons. The smallest absolute Gasteiger partial charge is 0.224 e. The average Bonchev–Trinajstić information content (AvgIpc) is 2.70. The fourth-order valence-corrected chi connectivity index (χ4v) is 5.32. The maximum absolute atomic E-state index is 12.0. The second-order valence-corrected chi connectivity index (χ2v) is 8.32. The SMILES string of the molecule is CCCCO[C@@H]1OC=C2C[C@@H]([N+](=O)[O-])[C@@H](c3ccccc3Cl)[C@@H]3COC[C@@H]1[C@H]23. The molecule has 0 spiro atoms. The zero-order chi connectivity index (χ0) is 19.7. The molecule has 1 saturated carbocycles. The third-order valence-corrected chi connectivity index (χ3v) is 6.65. The minimum atomic E-state index is -0.740. The fourth-order valence-electron chi connectivity index (χ4n) is 5.06. The molecule has 6 nitrogen and oxygen atoms in total. The van der Waals surface area contributed by atoms with E-state index in [0.717, 1.165) is 24.0 Å². The molecule has 0 N–H and O–H groups in total. The summed E-state index contributed by atoms with van der Waals surface area (Å²) in [4.78, 5) is 11.8. The topological polar surface area (TPSA) is 70.8 Å². The van der Waals surface area contributed by atoms with E-state index in [9.17, 15) is 10.1 Å². The van der Waals surface area contributed by atoms with Crippen LogP contribution in [0.3, 0.4) is 0 Å². The standard InChI is InChI=1S/C21H26ClNO5/c1-2-3-8-27-21-16-12-26-11-15-19(16)13(10-28-21)9-18(23(24)25)20(15)14-6-4-5-7-17(14)22/h4-7,10,15-16,18-21H,2-3,8-9,11-12H2,1H3/t15-,16-,18-,19-,20+,21-/m1/s1. The predicted molar refractivity (Wildman–Crippen MR) is 105 cm³/mol. The van der Waals surface area contributed by atoms with Gasteiger partial charge in [0.05, 0.1) is 37.9 Å². The van der Waals surface area contributed by atoms with Gasteiger partial charge in [-0.1, -0.05) is 43.1 Å². The summed E-state index contributed by atoms with van der Waals surface area (Å²) in [5.74, 6) is -0.0989. The summed E-state index contributed by atoms with van der Waals surface area (Å²) < 4.78 is 17.8. The highest BCUT2D eigenvalue weighted by Gasteiger charge is 2.55. The van der Waals surface area contributed by atoms with Crippen molar-refractivity contribution in [2.24, 2.45) is 17.8 Å². The maximum Gasteiger partial charge on any atom is 0.224 e. The first-order chi connectivity index (χ1) is 13.6. The van der Waals surface area contributed by atoms with E-state index in [2.05, 4.69) is 6.92 Å². The van der Waals surface area contributed by atoms with Crippen LogP contribution < -0.4 is 0 Å². The molecule has 2 aliphatic heterocycles. The van der Waals surface area contributed by atoms with Crippen molar-refractivity contribution < 1.29 is 19.1 Å². The van der Waals surface area contributed by atoms with E-state index >= 15 is 0 Å². The van der Waals surface area contributed by atoms with Crippen molar-refractivity contribution in [2.75, 3.05) is 19.8 Å². The Morgan fingerprint density at radius 2 is 2.04 bits per heavy atom. The number of benzene rings is 1. The molecule has 3 aliphatic rings. The van der Waals surface area contributed by atoms with Crippen molar-refractivity contribution in [3.63, 3.8) is 0 Å². The first-order valence-corrected chi connectivity index (χ1v) is 10.4. The Morgan fingerprint density at radius 1 is 1.25 bits per heavy atom. The highest BCUT2D eigenvalue weighted by molar-refractivity contribution is 6.31. The van der Waals surface area contributed by atoms with Gasteiger partial charge < -0.3 is 14.2 Å². The molecule has 152 valence electrons. The Bertz CT molecular complexity index is 754. The number of hydrogen-bond acceptors (Lipinski definition) is 5. The average molecular weight is 408 g/mol. The number of unbranched alkanes of at least 4 members (excludes halogenated alkanes) is 1. The summed E-state index contributed by atoms with van der Waals surface area (Å²) in [5, 5.41) is 12.5. The van der Waals surface area contributed by atoms with E-state index in [1.54, 1.807) is 12.3 Å². The molecule has 0 aromatic heterocycles. The molecule has 0 bridgehead atoms. The zero-order valence-electron chi connectivity index (χ0n) is 16.0. The Kier molecular flexibility index (Phi) is 5.90. The van der Waals surface area contributed by atoms with E-state index in [4.69, 9.17) is 25.8 Å². The molecule has 2 fully saturated rings. The van der Waals surface area contributed by atoms with Crippen LogP contribution in [0.5, 0.6) is 0 Å². The highest BCUT2D eigenvalue weighted by Crippen LogP contribution is 2.53. The van der Waals surface area contributed by atoms with Gasteiger partial charge in [0.2, 0.25) is 12.3 Å². The summed E-state index contributed by atoms with van der Waals surface area (Å²) in [6.07, 6.45) is 3.77. The molecule has 1 aliphatic carbocycles. The van der Waals surface area contributed by atoms with Crippen molar-refractivity contribution in [1.29, 1.82) is 0 Å². The highest BCUT2D eigenvalue weighted by atomic mass is 35.5. The Balaban J connectivity index is 1.68. The molecule has 2 heterocycles. The van der Waals surface area contributed by atoms with Gasteiger partial charge in [-0.3, -0.25) is 10.1 Å². The minimum absolute atomic E-state index is 0.0183. The summed E-state index contributed by atoms with van der Waals surface area (Å²) in [7, 11) is 0. The monoisotopic (exact) mass is 407 g/mol. The fraction of sp³-hybridized carbons (Fsp3) is 0.619. The maximum atomic E-state index is 12.0. The lowest BCUT2D eigenvalue weighted by molar-refractivity contribution is -0.531. The molecule has 1 aromatic carbocycles. The van der Waals surface area contributed by atoms with Crippen LogP contribution in [0.4, 0.5) is 0 Å². The molecular formula is C21H26ClNO5. The molecule has 7 heteroatoms. The molecule has 28 heavy (non-hydrogen) atoms. The van der Waals surface area contributed by atoms with Crippen molar-refractivity contribution in [1.82, 2.24) is 0 Å². The van der Waals surface area contributed by atoms with Crippen LogP contribution >= 0.6 is 11.6 Å². The van der Waals surface area contributed by atoms with E-state index in [1.165, 1.54) is 0 Å². The van der Waals surface area contributed by atoms with Crippen LogP contribution in [0.15, 0.2) is 36.1 Å². The number of halogens is 1. The van der Waals surface area contributed by atoms with Gasteiger partial charge in [0.15, 0.2) is 0 Å². The van der Waals surface area contributed by atoms with Crippen LogP contribution in [-0.4, -0.2) is 37.1 Å². The van der Waals surface area contributed by atoms with Gasteiger partial charge in [0.1, 0.15) is 0 Å². The van der Waals surface area contributed by atoms with Crippen LogP contribution in [0, 0.1) is 27.9 Å². The van der Waals surface area contributed by atoms with Gasteiger partial charge in [-0.15, -0.1) is 0 Å². The summed E-state index contributed by atoms with van der Waals surface area (Å²) in [5.41, 5.74) is 1.85. The van der Waals surface area contributed by atoms with Crippen molar-refractivity contribution in [2.45, 2.75) is 44.4 Å². The van der Waals surface area contributed by atoms with Gasteiger partial charge >= 0.3 is 0 Å². The van der Waals surface area contributed by atoms with E-state index < -0.39 is 6.04 Å². The van der Waals surface area contributed by atoms with Crippen LogP contribution in [-0.2, 0) is 14.2 Å². The van der Waals surface area contributed by atoms with Crippen molar-refractivity contribution >= 4 is 11.6 Å². The van der Waals surface area contributed by atoms with Crippen LogP contribution in [0.2, 0.25) is 5.02 Å². The van der Waals surface area contributed by atoms with E-state index in [1.807, 2.05) is 18.2 Å². The predicted octanol–water partition coefficient (Wildman–Crippen LogP) is 4.41. The Labute approximate surface area is 169 Å². The van der Waals surface area contributed by atoms with Crippen LogP contribution in [0.25, 0.3) is 0 Å². The summed E-state index contributed by atoms with van der Waals surface area (Å²) in [6.45, 7) is 3.80. The lowest BCUT2D eigenvalue weighted by Gasteiger charge is -2.50. The Hall–Kier alpha value is -1.63. The van der Waals surface area contributed by atoms with Gasteiger partial charge in [-0.2, -0.15) is 0 Å². The third-order valence-electron chi connectivity index (χ3n) is 6.31. The first-order valence-electron chi connectivity index (χ1n) is 10.0. The van der Waals surface area contributed by atoms with Crippen molar-refractivity contribution in [3.8, 4) is 0 Å². The largest absolute Gasteiger partial charge is 0.472 e. The number of hydrogen-bond donors (Lipinski definition) is 0. The van der Waals surface area contributed by atoms with Crippen molar-refractivity contribution in [3.05, 3.63) is 56.8 Å². The lowest BCUT2D eigenvalue weighted by Crippen LogP contribution is -2.54. The van der Waals surface area contributed by atoms with E-state index in [0.29, 0.717) is 31.3 Å². The van der Waals surface area contributed by atoms with E-state index in [-0.39, 0.29) is 34.9 Å². The number of nitrogens with zero attached hydrogens (tertiary/aromatic N) is 1. The first kappa shape index (κ1) is 19.7. The quantitative estimate of drug-likeness (QED) is 0.397. The molecule has 0 unspecified atom stereocenters. The minimum Gasteiger partial charge on any atom is -0.472 e. The molecule has 6 atom stereocenters. The Morgan fingerprint density at radius 3 is 2.79 bits per heavy atom. The lowest BCUT2D eigenvalue weighted by atomic mass is 9.60. The molecule has 1 saturated heterocycles. The number of ether oxygens (including phenoxy) is 3. The molecule has 1 aromatic rings. The number of nitro groups is 1. The zero-order valence-corrected chi connectivity index (χ0v) is 16.7. The van der Waals surface area contributed by atoms with Crippen LogP contribution in [0.1, 0.15) is 37.7 Å². The second-order valence-electron chi connectivity index (χ2n) is 7.92. The normalized spacial score (nSPS) is 34.1. The number of rotatable bonds is 6. The molecule has 4 rings (SSSR count). The van der Waals surface area contributed by atoms with Gasteiger partial charge in [-0.05, 0) is 23.6 Å². The van der Waals surface area contributed by atoms with Gasteiger partial charge in [0.25, 0.3) is 0 Å². The second kappa shape index (κ2) is 8.39. The third kappa shape index (κ3) is 3.53. The molecular weight excluding hydrogens is 382 g/mol. The summed E-state index contributed by atoms with van der Waals surface area (Å²) >= 11 is 6.47. The van der Waals surface area contributed by atoms with Gasteiger partial charge in [0, 0.05) is 28.2 Å².